The van der Waals surface area contributed by atoms with E-state index in [2.05, 4.69) is 16.0 Å². The molecule has 0 aromatic carbocycles. The lowest BCUT2D eigenvalue weighted by Gasteiger charge is -2.18. The average Bonchev–Trinajstić information content (AvgIpc) is 2.54. The van der Waals surface area contributed by atoms with Gasteiger partial charge in [-0.05, 0) is 58.3 Å². The number of amides is 2. The summed E-state index contributed by atoms with van der Waals surface area (Å²) in [6.45, 7) is 3.54. The molecule has 0 aliphatic heterocycles. The number of unbranched alkanes of at least 4 members (excludes halogenated alkanes) is 2. The van der Waals surface area contributed by atoms with Gasteiger partial charge in [-0.15, -0.1) is 0 Å². The number of nitrogens with one attached hydrogen (secondary N) is 3. The maximum Gasteiger partial charge on any atom is 0.237 e. The Morgan fingerprint density at radius 2 is 1.30 bits per heavy atom. The molecule has 0 saturated heterocycles. The largest absolute Gasteiger partial charge is 0.356 e. The van der Waals surface area contributed by atoms with E-state index in [0.717, 1.165) is 32.1 Å². The van der Waals surface area contributed by atoms with Gasteiger partial charge in [0, 0.05) is 13.1 Å². The number of carbonyl (C=O) groups excluding carboxylic acids is 2. The Labute approximate surface area is 139 Å². The van der Waals surface area contributed by atoms with Gasteiger partial charge < -0.3 is 33.2 Å². The van der Waals surface area contributed by atoms with E-state index < -0.39 is 6.04 Å². The van der Waals surface area contributed by atoms with Crippen LogP contribution in [-0.2, 0) is 9.59 Å². The summed E-state index contributed by atoms with van der Waals surface area (Å²) in [4.78, 5) is 24.1. The van der Waals surface area contributed by atoms with E-state index in [9.17, 15) is 9.59 Å². The van der Waals surface area contributed by atoms with Crippen LogP contribution in [0.4, 0.5) is 0 Å². The molecule has 1 unspecified atom stereocenters. The molecule has 0 heterocycles. The van der Waals surface area contributed by atoms with Crippen LogP contribution in [0.3, 0.4) is 0 Å². The summed E-state index contributed by atoms with van der Waals surface area (Å²) in [5.74, 6) is -0.291. The van der Waals surface area contributed by atoms with Crippen molar-refractivity contribution in [1.29, 1.82) is 0 Å². The Morgan fingerprint density at radius 3 is 1.87 bits per heavy atom. The molecule has 8 heteroatoms. The van der Waals surface area contributed by atoms with Gasteiger partial charge in [-0.1, -0.05) is 0 Å². The summed E-state index contributed by atoms with van der Waals surface area (Å²) < 4.78 is 0. The third-order valence-electron chi connectivity index (χ3n) is 3.36. The molecular formula is C15H34N6O2. The van der Waals surface area contributed by atoms with Crippen LogP contribution >= 0.6 is 0 Å². The molecule has 0 aliphatic carbocycles. The highest BCUT2D eigenvalue weighted by atomic mass is 16.2. The summed E-state index contributed by atoms with van der Waals surface area (Å²) in [5, 5.41) is 8.75. The molecule has 9 N–H and O–H groups in total. The maximum atomic E-state index is 12.2. The van der Waals surface area contributed by atoms with Crippen molar-refractivity contribution >= 4 is 11.8 Å². The van der Waals surface area contributed by atoms with E-state index in [1.54, 1.807) is 0 Å². The Hall–Kier alpha value is -1.22. The fourth-order valence-corrected chi connectivity index (χ4v) is 1.99. The van der Waals surface area contributed by atoms with Gasteiger partial charge in [-0.3, -0.25) is 9.59 Å². The number of hydrogen-bond donors (Lipinski definition) is 6. The van der Waals surface area contributed by atoms with Gasteiger partial charge in [0.2, 0.25) is 11.8 Å². The maximum absolute atomic E-state index is 12.2. The minimum Gasteiger partial charge on any atom is -0.356 e. The smallest absolute Gasteiger partial charge is 0.237 e. The second kappa shape index (κ2) is 15.7. The van der Waals surface area contributed by atoms with E-state index in [4.69, 9.17) is 17.2 Å². The predicted molar refractivity (Wildman–Crippen MR) is 92.7 cm³/mol. The van der Waals surface area contributed by atoms with Gasteiger partial charge >= 0.3 is 0 Å². The highest BCUT2D eigenvalue weighted by molar-refractivity contribution is 5.88. The van der Waals surface area contributed by atoms with Crippen LogP contribution in [0.25, 0.3) is 0 Å². The lowest BCUT2D eigenvalue weighted by Crippen LogP contribution is -2.47. The summed E-state index contributed by atoms with van der Waals surface area (Å²) in [6, 6.07) is -0.533. The normalized spacial score (nSPS) is 12.0. The van der Waals surface area contributed by atoms with Crippen LogP contribution in [0.5, 0.6) is 0 Å². The highest BCUT2D eigenvalue weighted by Gasteiger charge is 2.20. The zero-order valence-corrected chi connectivity index (χ0v) is 14.1. The predicted octanol–water partition coefficient (Wildman–Crippen LogP) is -1.61. The summed E-state index contributed by atoms with van der Waals surface area (Å²) >= 11 is 0. The van der Waals surface area contributed by atoms with E-state index in [1.807, 2.05) is 0 Å². The molecule has 1 atom stereocenters. The third kappa shape index (κ3) is 13.0. The van der Waals surface area contributed by atoms with Gasteiger partial charge in [0.25, 0.3) is 0 Å². The molecule has 0 radical (unpaired) electrons. The SMILES string of the molecule is NCCCCNC(=O)CC(NCCCN)C(=O)NCCCCN. The molecule has 2 amide bonds. The molecule has 8 nitrogen and oxygen atoms in total. The van der Waals surface area contributed by atoms with E-state index in [0.29, 0.717) is 39.3 Å². The van der Waals surface area contributed by atoms with Crippen molar-refractivity contribution in [3.63, 3.8) is 0 Å². The standard InChI is InChI=1S/C15H34N6O2/c16-6-1-3-9-20-14(22)12-13(19-11-5-8-18)15(23)21-10-4-2-7-17/h13,19H,1-12,16-18H2,(H,20,22)(H,21,23). The monoisotopic (exact) mass is 330 g/mol. The van der Waals surface area contributed by atoms with Gasteiger partial charge in [0.05, 0.1) is 12.5 Å². The quantitative estimate of drug-likeness (QED) is 0.199. The summed E-state index contributed by atoms with van der Waals surface area (Å²) in [7, 11) is 0. The summed E-state index contributed by atoms with van der Waals surface area (Å²) in [6.07, 6.45) is 4.31. The minimum atomic E-state index is -0.533. The molecule has 0 aromatic heterocycles. The first kappa shape index (κ1) is 21.8. The van der Waals surface area contributed by atoms with E-state index in [-0.39, 0.29) is 18.2 Å². The van der Waals surface area contributed by atoms with Gasteiger partial charge in [0.15, 0.2) is 0 Å². The molecular weight excluding hydrogens is 296 g/mol. The second-order valence-electron chi connectivity index (χ2n) is 5.49. The van der Waals surface area contributed by atoms with E-state index >= 15 is 0 Å². The number of rotatable bonds is 15. The van der Waals surface area contributed by atoms with E-state index in [1.165, 1.54) is 0 Å². The fourth-order valence-electron chi connectivity index (χ4n) is 1.99. The van der Waals surface area contributed by atoms with Crippen LogP contribution in [0.2, 0.25) is 0 Å². The number of hydrogen-bond acceptors (Lipinski definition) is 6. The number of carbonyl (C=O) groups is 2. The van der Waals surface area contributed by atoms with Crippen molar-refractivity contribution in [2.24, 2.45) is 17.2 Å². The molecule has 23 heavy (non-hydrogen) atoms. The Balaban J connectivity index is 4.20. The molecule has 0 aromatic rings. The minimum absolute atomic E-state index is 0.121. The zero-order valence-electron chi connectivity index (χ0n) is 14.1. The molecule has 136 valence electrons. The van der Waals surface area contributed by atoms with Crippen LogP contribution in [0, 0.1) is 0 Å². The Morgan fingerprint density at radius 1 is 0.739 bits per heavy atom. The molecule has 0 bridgehead atoms. The third-order valence-corrected chi connectivity index (χ3v) is 3.36. The van der Waals surface area contributed by atoms with Crippen molar-refractivity contribution in [1.82, 2.24) is 16.0 Å². The molecule has 0 fully saturated rings. The zero-order chi connectivity index (χ0) is 17.3. The first-order valence-corrected chi connectivity index (χ1v) is 8.53. The average molecular weight is 330 g/mol. The van der Waals surface area contributed by atoms with Crippen molar-refractivity contribution in [2.75, 3.05) is 39.3 Å². The second-order valence-corrected chi connectivity index (χ2v) is 5.49. The molecule has 0 rings (SSSR count). The van der Waals surface area contributed by atoms with Crippen LogP contribution in [-0.4, -0.2) is 57.1 Å². The summed E-state index contributed by atoms with van der Waals surface area (Å²) in [5.41, 5.74) is 16.3. The topological polar surface area (TPSA) is 148 Å². The molecule has 0 saturated carbocycles. The van der Waals surface area contributed by atoms with Crippen LogP contribution in [0.15, 0.2) is 0 Å². The van der Waals surface area contributed by atoms with Crippen LogP contribution < -0.4 is 33.2 Å². The first-order chi connectivity index (χ1) is 11.2. The highest BCUT2D eigenvalue weighted by Crippen LogP contribution is 1.95. The van der Waals surface area contributed by atoms with Crippen LogP contribution in [0.1, 0.15) is 38.5 Å². The first-order valence-electron chi connectivity index (χ1n) is 8.53. The lowest BCUT2D eigenvalue weighted by molar-refractivity contribution is -0.128. The van der Waals surface area contributed by atoms with Gasteiger partial charge in [-0.2, -0.15) is 0 Å². The molecule has 0 aliphatic rings. The van der Waals surface area contributed by atoms with Gasteiger partial charge in [0.1, 0.15) is 0 Å². The van der Waals surface area contributed by atoms with Crippen molar-refractivity contribution < 1.29 is 9.59 Å². The fraction of sp³-hybridized carbons (Fsp3) is 0.867. The van der Waals surface area contributed by atoms with Crippen molar-refractivity contribution in [3.05, 3.63) is 0 Å². The van der Waals surface area contributed by atoms with Gasteiger partial charge in [-0.25, -0.2) is 0 Å². The lowest BCUT2D eigenvalue weighted by atomic mass is 10.1. The van der Waals surface area contributed by atoms with Crippen molar-refractivity contribution in [3.8, 4) is 0 Å². The van der Waals surface area contributed by atoms with Crippen molar-refractivity contribution in [2.45, 2.75) is 44.6 Å². The number of nitrogens with two attached hydrogens (primary N) is 3. The molecule has 0 spiro atoms. The Bertz CT molecular complexity index is 314. The Kier molecular flexibility index (Phi) is 14.8.